The number of nitrogens with zero attached hydrogens (tertiary/aromatic N) is 1. The third kappa shape index (κ3) is 2.50. The highest BCUT2D eigenvalue weighted by Gasteiger charge is 1.95. The highest BCUT2D eigenvalue weighted by atomic mass is 79.9. The van der Waals surface area contributed by atoms with Gasteiger partial charge in [0.15, 0.2) is 0 Å². The first-order valence-electron chi connectivity index (χ1n) is 3.69. The molecule has 0 aromatic carbocycles. The van der Waals surface area contributed by atoms with E-state index in [1.807, 2.05) is 12.1 Å². The molecule has 0 radical (unpaired) electrons. The van der Waals surface area contributed by atoms with Crippen LogP contribution in [0.1, 0.15) is 13.3 Å². The predicted molar refractivity (Wildman–Crippen MR) is 50.7 cm³/mol. The van der Waals surface area contributed by atoms with Crippen molar-refractivity contribution in [1.82, 2.24) is 4.98 Å². The zero-order valence-corrected chi connectivity index (χ0v) is 8.06. The van der Waals surface area contributed by atoms with Crippen molar-refractivity contribution >= 4 is 21.7 Å². The number of hydrogen-bond acceptors (Lipinski definition) is 2. The molecule has 0 aliphatic heterocycles. The zero-order chi connectivity index (χ0) is 8.10. The largest absolute Gasteiger partial charge is 0.369 e. The summed E-state index contributed by atoms with van der Waals surface area (Å²) in [7, 11) is 0. The van der Waals surface area contributed by atoms with Crippen LogP contribution in [0, 0.1) is 0 Å². The maximum absolute atomic E-state index is 4.16. The molecule has 2 nitrogen and oxygen atoms in total. The van der Waals surface area contributed by atoms with E-state index in [9.17, 15) is 0 Å². The van der Waals surface area contributed by atoms with Gasteiger partial charge in [-0.15, -0.1) is 0 Å². The lowest BCUT2D eigenvalue weighted by atomic mass is 10.4. The molecule has 0 bridgehead atoms. The van der Waals surface area contributed by atoms with Gasteiger partial charge in [-0.05, 0) is 34.5 Å². The van der Waals surface area contributed by atoms with Gasteiger partial charge in [-0.25, -0.2) is 4.98 Å². The number of aromatic nitrogens is 1. The third-order valence-electron chi connectivity index (χ3n) is 1.30. The van der Waals surface area contributed by atoms with E-state index in [-0.39, 0.29) is 0 Å². The Morgan fingerprint density at radius 2 is 2.45 bits per heavy atom. The molecule has 1 heterocycles. The van der Waals surface area contributed by atoms with Crippen molar-refractivity contribution in [3.8, 4) is 0 Å². The molecule has 3 heteroatoms. The molecular formula is C8H11BrN2. The molecule has 0 aliphatic rings. The minimum absolute atomic E-state index is 0.925. The lowest BCUT2D eigenvalue weighted by Gasteiger charge is -2.03. The maximum Gasteiger partial charge on any atom is 0.140 e. The van der Waals surface area contributed by atoms with Crippen LogP contribution in [0.2, 0.25) is 0 Å². The number of anilines is 1. The lowest BCUT2D eigenvalue weighted by molar-refractivity contribution is 0.967. The lowest BCUT2D eigenvalue weighted by Crippen LogP contribution is -2.01. The highest BCUT2D eigenvalue weighted by molar-refractivity contribution is 9.10. The second-order valence-electron chi connectivity index (χ2n) is 2.26. The van der Waals surface area contributed by atoms with Crippen molar-refractivity contribution in [3.63, 3.8) is 0 Å². The Kier molecular flexibility index (Phi) is 3.36. The molecule has 0 saturated heterocycles. The summed E-state index contributed by atoms with van der Waals surface area (Å²) in [6.45, 7) is 3.10. The summed E-state index contributed by atoms with van der Waals surface area (Å²) >= 11 is 3.40. The van der Waals surface area contributed by atoms with Crippen molar-refractivity contribution in [2.24, 2.45) is 0 Å². The first kappa shape index (κ1) is 8.53. The molecule has 1 aromatic heterocycles. The quantitative estimate of drug-likeness (QED) is 0.838. The first-order chi connectivity index (χ1) is 5.34. The van der Waals surface area contributed by atoms with E-state index in [0.29, 0.717) is 0 Å². The smallest absolute Gasteiger partial charge is 0.140 e. The van der Waals surface area contributed by atoms with Gasteiger partial charge in [0.25, 0.3) is 0 Å². The van der Waals surface area contributed by atoms with E-state index in [0.717, 1.165) is 23.3 Å². The SMILES string of the molecule is CCCNc1ncccc1Br. The van der Waals surface area contributed by atoms with Crippen molar-refractivity contribution in [3.05, 3.63) is 22.8 Å². The summed E-state index contributed by atoms with van der Waals surface area (Å²) in [6.07, 6.45) is 2.89. The van der Waals surface area contributed by atoms with Gasteiger partial charge in [-0.2, -0.15) is 0 Å². The Morgan fingerprint density at radius 1 is 1.64 bits per heavy atom. The van der Waals surface area contributed by atoms with Crippen molar-refractivity contribution < 1.29 is 0 Å². The van der Waals surface area contributed by atoms with E-state index in [1.54, 1.807) is 6.20 Å². The van der Waals surface area contributed by atoms with Gasteiger partial charge in [0.2, 0.25) is 0 Å². The van der Waals surface area contributed by atoms with Crippen LogP contribution in [0.4, 0.5) is 5.82 Å². The van der Waals surface area contributed by atoms with Crippen molar-refractivity contribution in [2.75, 3.05) is 11.9 Å². The van der Waals surface area contributed by atoms with Crippen LogP contribution in [0.5, 0.6) is 0 Å². The Balaban J connectivity index is 2.62. The van der Waals surface area contributed by atoms with Crippen LogP contribution in [-0.2, 0) is 0 Å². The topological polar surface area (TPSA) is 24.9 Å². The second-order valence-corrected chi connectivity index (χ2v) is 3.11. The molecule has 0 spiro atoms. The number of halogens is 1. The summed E-state index contributed by atoms with van der Waals surface area (Å²) < 4.78 is 1.02. The average Bonchev–Trinajstić information content (AvgIpc) is 2.03. The molecule has 0 atom stereocenters. The number of hydrogen-bond donors (Lipinski definition) is 1. The van der Waals surface area contributed by atoms with E-state index < -0.39 is 0 Å². The Morgan fingerprint density at radius 3 is 3.09 bits per heavy atom. The summed E-state index contributed by atoms with van der Waals surface area (Å²) in [4.78, 5) is 4.16. The van der Waals surface area contributed by atoms with E-state index >= 15 is 0 Å². The standard InChI is InChI=1S/C8H11BrN2/c1-2-5-10-8-7(9)4-3-6-11-8/h3-4,6H,2,5H2,1H3,(H,10,11). The zero-order valence-electron chi connectivity index (χ0n) is 6.47. The Hall–Kier alpha value is -0.570. The fourth-order valence-corrected chi connectivity index (χ4v) is 1.15. The van der Waals surface area contributed by atoms with Crippen LogP contribution in [0.25, 0.3) is 0 Å². The molecule has 1 N–H and O–H groups in total. The highest BCUT2D eigenvalue weighted by Crippen LogP contribution is 2.17. The average molecular weight is 215 g/mol. The fourth-order valence-electron chi connectivity index (χ4n) is 0.759. The molecular weight excluding hydrogens is 204 g/mol. The molecule has 0 amide bonds. The van der Waals surface area contributed by atoms with Gasteiger partial charge in [-0.1, -0.05) is 6.92 Å². The molecule has 11 heavy (non-hydrogen) atoms. The van der Waals surface area contributed by atoms with Crippen LogP contribution in [0.15, 0.2) is 22.8 Å². The Bertz CT molecular complexity index is 225. The van der Waals surface area contributed by atoms with E-state index in [1.165, 1.54) is 0 Å². The molecule has 1 rings (SSSR count). The Labute approximate surface area is 75.2 Å². The normalized spacial score (nSPS) is 9.64. The van der Waals surface area contributed by atoms with Gasteiger partial charge in [0, 0.05) is 12.7 Å². The minimum atomic E-state index is 0.925. The van der Waals surface area contributed by atoms with Crippen LogP contribution < -0.4 is 5.32 Å². The summed E-state index contributed by atoms with van der Waals surface area (Å²) in [5.74, 6) is 0.925. The van der Waals surface area contributed by atoms with E-state index in [4.69, 9.17) is 0 Å². The van der Waals surface area contributed by atoms with Crippen LogP contribution in [-0.4, -0.2) is 11.5 Å². The van der Waals surface area contributed by atoms with Crippen molar-refractivity contribution in [1.29, 1.82) is 0 Å². The molecule has 0 fully saturated rings. The number of nitrogens with one attached hydrogen (secondary N) is 1. The van der Waals surface area contributed by atoms with Gasteiger partial charge in [-0.3, -0.25) is 0 Å². The monoisotopic (exact) mass is 214 g/mol. The molecule has 1 aromatic rings. The second kappa shape index (κ2) is 4.34. The maximum atomic E-state index is 4.16. The summed E-state index contributed by atoms with van der Waals surface area (Å²) in [5.41, 5.74) is 0. The number of rotatable bonds is 3. The third-order valence-corrected chi connectivity index (χ3v) is 1.94. The van der Waals surface area contributed by atoms with Gasteiger partial charge < -0.3 is 5.32 Å². The van der Waals surface area contributed by atoms with Crippen LogP contribution in [0.3, 0.4) is 0 Å². The molecule has 0 saturated carbocycles. The van der Waals surface area contributed by atoms with E-state index in [2.05, 4.69) is 33.2 Å². The van der Waals surface area contributed by atoms with Gasteiger partial charge in [0.05, 0.1) is 4.47 Å². The first-order valence-corrected chi connectivity index (χ1v) is 4.48. The van der Waals surface area contributed by atoms with Gasteiger partial charge in [0.1, 0.15) is 5.82 Å². The number of pyridine rings is 1. The van der Waals surface area contributed by atoms with Crippen LogP contribution >= 0.6 is 15.9 Å². The molecule has 0 aliphatic carbocycles. The summed E-state index contributed by atoms with van der Waals surface area (Å²) in [6, 6.07) is 3.88. The van der Waals surface area contributed by atoms with Gasteiger partial charge >= 0.3 is 0 Å². The minimum Gasteiger partial charge on any atom is -0.369 e. The molecule has 60 valence electrons. The molecule has 0 unspecified atom stereocenters. The summed E-state index contributed by atoms with van der Waals surface area (Å²) in [5, 5.41) is 3.20. The fraction of sp³-hybridized carbons (Fsp3) is 0.375. The van der Waals surface area contributed by atoms with Crippen molar-refractivity contribution in [2.45, 2.75) is 13.3 Å². The predicted octanol–water partition coefficient (Wildman–Crippen LogP) is 2.67.